The van der Waals surface area contributed by atoms with Crippen molar-refractivity contribution in [3.8, 4) is 16.3 Å². The molecule has 20 heavy (non-hydrogen) atoms. The molecule has 1 aromatic carbocycles. The third-order valence-electron chi connectivity index (χ3n) is 2.68. The molecule has 0 bridgehead atoms. The molecule has 0 fully saturated rings. The summed E-state index contributed by atoms with van der Waals surface area (Å²) >= 11 is 0.950. The van der Waals surface area contributed by atoms with Gasteiger partial charge in [0.1, 0.15) is 21.5 Å². The second-order valence-corrected chi connectivity index (χ2v) is 5.86. The molecule has 1 heterocycles. The number of aromatic nitrogens is 1. The number of phenols is 1. The Bertz CT molecular complexity index is 652. The average molecular weight is 295 g/mol. The lowest BCUT2D eigenvalue weighted by atomic mass is 10.1. The highest BCUT2D eigenvalue weighted by Crippen LogP contribution is 2.32. The zero-order valence-corrected chi connectivity index (χ0v) is 11.9. The molecular formula is C14H14FNO3S. The molecule has 2 rings (SSSR count). The Labute approximate surface area is 119 Å². The first-order valence-corrected chi connectivity index (χ1v) is 6.92. The van der Waals surface area contributed by atoms with Crippen LogP contribution < -0.4 is 0 Å². The highest BCUT2D eigenvalue weighted by Gasteiger charge is 2.20. The Morgan fingerprint density at radius 2 is 2.15 bits per heavy atom. The monoisotopic (exact) mass is 295 g/mol. The van der Waals surface area contributed by atoms with Crippen LogP contribution in [0.15, 0.2) is 18.2 Å². The summed E-state index contributed by atoms with van der Waals surface area (Å²) in [5.74, 6) is -1.59. The van der Waals surface area contributed by atoms with Crippen molar-refractivity contribution in [1.29, 1.82) is 0 Å². The number of carboxylic acid groups (broad SMARTS) is 1. The van der Waals surface area contributed by atoms with E-state index in [9.17, 15) is 19.4 Å². The number of aromatic carboxylic acids is 1. The van der Waals surface area contributed by atoms with Gasteiger partial charge < -0.3 is 10.2 Å². The lowest BCUT2D eigenvalue weighted by Crippen LogP contribution is -2.02. The van der Waals surface area contributed by atoms with Crippen LogP contribution in [-0.2, 0) is 6.42 Å². The van der Waals surface area contributed by atoms with Crippen molar-refractivity contribution >= 4 is 17.3 Å². The van der Waals surface area contributed by atoms with Gasteiger partial charge in [0.2, 0.25) is 0 Å². The van der Waals surface area contributed by atoms with Crippen LogP contribution >= 0.6 is 11.3 Å². The number of carboxylic acids is 1. The number of thiazole rings is 1. The second-order valence-electron chi connectivity index (χ2n) is 4.86. The second kappa shape index (κ2) is 5.58. The zero-order valence-electron chi connectivity index (χ0n) is 11.1. The van der Waals surface area contributed by atoms with E-state index in [-0.39, 0.29) is 22.1 Å². The molecule has 1 aromatic heterocycles. The van der Waals surface area contributed by atoms with Crippen molar-refractivity contribution in [2.45, 2.75) is 20.3 Å². The third-order valence-corrected chi connectivity index (χ3v) is 3.80. The summed E-state index contributed by atoms with van der Waals surface area (Å²) in [6.07, 6.45) is 0.526. The average Bonchev–Trinajstić information content (AvgIpc) is 2.71. The molecule has 106 valence electrons. The van der Waals surface area contributed by atoms with Gasteiger partial charge in [-0.2, -0.15) is 0 Å². The molecule has 4 nitrogen and oxygen atoms in total. The minimum absolute atomic E-state index is 0.140. The number of carbonyl (C=O) groups is 1. The van der Waals surface area contributed by atoms with E-state index in [4.69, 9.17) is 0 Å². The Kier molecular flexibility index (Phi) is 4.04. The van der Waals surface area contributed by atoms with E-state index >= 15 is 0 Å². The zero-order chi connectivity index (χ0) is 14.9. The Morgan fingerprint density at radius 1 is 1.45 bits per heavy atom. The number of rotatable bonds is 4. The maximum Gasteiger partial charge on any atom is 0.347 e. The topological polar surface area (TPSA) is 70.4 Å². The summed E-state index contributed by atoms with van der Waals surface area (Å²) < 4.78 is 13.8. The standard InChI is InChI=1S/C14H14FNO3S/c1-7(2)5-11-12(14(18)19)20-13(16-11)9-4-3-8(17)6-10(9)15/h3-4,6-7,17H,5H2,1-2H3,(H,18,19). The summed E-state index contributed by atoms with van der Waals surface area (Å²) in [7, 11) is 0. The van der Waals surface area contributed by atoms with Gasteiger partial charge in [0.15, 0.2) is 0 Å². The van der Waals surface area contributed by atoms with Crippen LogP contribution in [0.4, 0.5) is 4.39 Å². The fraction of sp³-hybridized carbons (Fsp3) is 0.286. The SMILES string of the molecule is CC(C)Cc1nc(-c2ccc(O)cc2F)sc1C(=O)O. The Hall–Kier alpha value is -1.95. The summed E-state index contributed by atoms with van der Waals surface area (Å²) in [4.78, 5) is 15.6. The maximum absolute atomic E-state index is 13.8. The quantitative estimate of drug-likeness (QED) is 0.905. The van der Waals surface area contributed by atoms with Gasteiger partial charge in [-0.3, -0.25) is 0 Å². The normalized spacial score (nSPS) is 11.0. The third kappa shape index (κ3) is 2.96. The van der Waals surface area contributed by atoms with Crippen LogP contribution in [0.1, 0.15) is 29.2 Å². The number of phenolic OH excluding ortho intramolecular Hbond substituents is 1. The number of nitrogens with zero attached hydrogens (tertiary/aromatic N) is 1. The number of aromatic hydroxyl groups is 1. The number of halogens is 1. The van der Waals surface area contributed by atoms with E-state index in [0.29, 0.717) is 17.1 Å². The van der Waals surface area contributed by atoms with Crippen molar-refractivity contribution in [3.63, 3.8) is 0 Å². The van der Waals surface area contributed by atoms with Crippen LogP contribution in [0.2, 0.25) is 0 Å². The first kappa shape index (κ1) is 14.5. The van der Waals surface area contributed by atoms with Crippen LogP contribution in [-0.4, -0.2) is 21.2 Å². The molecule has 0 aliphatic rings. The molecule has 0 aliphatic carbocycles. The van der Waals surface area contributed by atoms with Crippen LogP contribution in [0.5, 0.6) is 5.75 Å². The van der Waals surface area contributed by atoms with Crippen LogP contribution in [0.3, 0.4) is 0 Å². The minimum atomic E-state index is -1.05. The van der Waals surface area contributed by atoms with Gasteiger partial charge in [-0.05, 0) is 24.5 Å². The first-order chi connectivity index (χ1) is 9.38. The molecule has 2 aromatic rings. The van der Waals surface area contributed by atoms with Gasteiger partial charge in [0.25, 0.3) is 0 Å². The van der Waals surface area contributed by atoms with Gasteiger partial charge in [0.05, 0.1) is 5.69 Å². The minimum Gasteiger partial charge on any atom is -0.508 e. The molecule has 0 unspecified atom stereocenters. The van der Waals surface area contributed by atoms with E-state index in [1.165, 1.54) is 12.1 Å². The molecule has 2 N–H and O–H groups in total. The van der Waals surface area contributed by atoms with Gasteiger partial charge >= 0.3 is 5.97 Å². The van der Waals surface area contributed by atoms with Crippen LogP contribution in [0.25, 0.3) is 10.6 Å². The summed E-state index contributed by atoms with van der Waals surface area (Å²) in [5, 5.41) is 18.7. The van der Waals surface area contributed by atoms with E-state index < -0.39 is 11.8 Å². The number of hydrogen-bond acceptors (Lipinski definition) is 4. The molecule has 0 saturated heterocycles. The van der Waals surface area contributed by atoms with Crippen LogP contribution in [0, 0.1) is 11.7 Å². The summed E-state index contributed by atoms with van der Waals surface area (Å²) in [6.45, 7) is 3.93. The molecule has 6 heteroatoms. The van der Waals surface area contributed by atoms with Gasteiger partial charge in [-0.25, -0.2) is 14.2 Å². The van der Waals surface area contributed by atoms with Crippen molar-refractivity contribution in [2.24, 2.45) is 5.92 Å². The van der Waals surface area contributed by atoms with Crippen molar-refractivity contribution in [2.75, 3.05) is 0 Å². The van der Waals surface area contributed by atoms with E-state index in [0.717, 1.165) is 17.4 Å². The van der Waals surface area contributed by atoms with Crippen molar-refractivity contribution in [3.05, 3.63) is 34.6 Å². The van der Waals surface area contributed by atoms with E-state index in [2.05, 4.69) is 4.98 Å². The predicted molar refractivity (Wildman–Crippen MR) is 74.7 cm³/mol. The van der Waals surface area contributed by atoms with Gasteiger partial charge in [0, 0.05) is 11.6 Å². The fourth-order valence-corrected chi connectivity index (χ4v) is 2.80. The highest BCUT2D eigenvalue weighted by molar-refractivity contribution is 7.17. The van der Waals surface area contributed by atoms with Gasteiger partial charge in [-0.15, -0.1) is 11.3 Å². The highest BCUT2D eigenvalue weighted by atomic mass is 32.1. The molecule has 0 aliphatic heterocycles. The van der Waals surface area contributed by atoms with Crippen molar-refractivity contribution in [1.82, 2.24) is 4.98 Å². The predicted octanol–water partition coefficient (Wildman–Crippen LogP) is 3.55. The molecule has 0 saturated carbocycles. The smallest absolute Gasteiger partial charge is 0.347 e. The largest absolute Gasteiger partial charge is 0.508 e. The van der Waals surface area contributed by atoms with Crippen molar-refractivity contribution < 1.29 is 19.4 Å². The fourth-order valence-electron chi connectivity index (χ4n) is 1.84. The summed E-state index contributed by atoms with van der Waals surface area (Å²) in [6, 6.07) is 3.73. The number of hydrogen-bond donors (Lipinski definition) is 2. The summed E-state index contributed by atoms with van der Waals surface area (Å²) in [5.41, 5.74) is 0.672. The lowest BCUT2D eigenvalue weighted by Gasteiger charge is -2.02. The maximum atomic E-state index is 13.8. The molecule has 0 amide bonds. The van der Waals surface area contributed by atoms with E-state index in [1.807, 2.05) is 13.8 Å². The number of benzene rings is 1. The Morgan fingerprint density at radius 3 is 2.70 bits per heavy atom. The lowest BCUT2D eigenvalue weighted by molar-refractivity contribution is 0.0700. The molecule has 0 atom stereocenters. The van der Waals surface area contributed by atoms with E-state index in [1.54, 1.807) is 0 Å². The first-order valence-electron chi connectivity index (χ1n) is 6.10. The Balaban J connectivity index is 2.49. The molecular weight excluding hydrogens is 281 g/mol. The molecule has 0 spiro atoms. The van der Waals surface area contributed by atoms with Gasteiger partial charge in [-0.1, -0.05) is 13.8 Å². The molecule has 0 radical (unpaired) electrons.